The Morgan fingerprint density at radius 2 is 0.943 bits per heavy atom. The SMILES string of the molecule is C=CCOC(=O)CCOCCOCCOCCN1CCN(C(=O)OC(C)(C)C)CC1.C=CCOC(=O)CCOCCOCCOCCN1CCNCC1. The summed E-state index contributed by atoms with van der Waals surface area (Å²) in [6.45, 7) is 28.2. The minimum atomic E-state index is -0.463. The number of nitrogens with one attached hydrogen (secondary N) is 1. The molecule has 0 spiro atoms. The first-order chi connectivity index (χ1) is 25.6. The monoisotopic (exact) mass is 760 g/mol. The van der Waals surface area contributed by atoms with Crippen LogP contribution in [0.3, 0.4) is 0 Å². The van der Waals surface area contributed by atoms with Crippen molar-refractivity contribution in [1.82, 2.24) is 20.0 Å². The third-order valence-electron chi connectivity index (χ3n) is 7.45. The Morgan fingerprint density at radius 1 is 0.566 bits per heavy atom. The molecule has 0 saturated carbocycles. The fourth-order valence-electron chi connectivity index (χ4n) is 4.65. The van der Waals surface area contributed by atoms with Crippen LogP contribution in [0.25, 0.3) is 0 Å². The fourth-order valence-corrected chi connectivity index (χ4v) is 4.65. The van der Waals surface area contributed by atoms with E-state index < -0.39 is 5.60 Å². The van der Waals surface area contributed by atoms with Gasteiger partial charge in [-0.3, -0.25) is 19.4 Å². The van der Waals surface area contributed by atoms with Crippen LogP contribution in [0, 0.1) is 0 Å². The minimum absolute atomic E-state index is 0.225. The second kappa shape index (κ2) is 32.7. The zero-order valence-electron chi connectivity index (χ0n) is 32.7. The number of amides is 1. The average molecular weight is 761 g/mol. The first-order valence-corrected chi connectivity index (χ1v) is 18.8. The maximum Gasteiger partial charge on any atom is 0.410 e. The van der Waals surface area contributed by atoms with E-state index in [9.17, 15) is 14.4 Å². The standard InChI is InChI=1S/C21H38N2O7.C16H30N2O5/c1-5-12-29-19(24)6-13-26-15-17-28-18-16-27-14-11-22-7-9-23(10-8-22)20(25)30-21(2,3)4;1-2-9-23-16(19)3-10-20-12-14-22-15-13-21-11-8-18-6-4-17-5-7-18/h5H,1,6-18H2,2-4H3;2,17H,1,3-15H2. The Kier molecular flexibility index (Phi) is 29.9. The zero-order chi connectivity index (χ0) is 38.8. The number of ether oxygens (including phenoxy) is 9. The molecular formula is C37H68N4O12. The van der Waals surface area contributed by atoms with Crippen LogP contribution in [0.5, 0.6) is 0 Å². The third-order valence-corrected chi connectivity index (χ3v) is 7.45. The summed E-state index contributed by atoms with van der Waals surface area (Å²) in [5.41, 5.74) is -0.463. The third kappa shape index (κ3) is 30.4. The van der Waals surface area contributed by atoms with Crippen LogP contribution >= 0.6 is 0 Å². The van der Waals surface area contributed by atoms with Crippen molar-refractivity contribution in [2.75, 3.05) is 158 Å². The Hall–Kier alpha value is -2.67. The van der Waals surface area contributed by atoms with Crippen molar-refractivity contribution < 1.29 is 57.0 Å². The van der Waals surface area contributed by atoms with Crippen LogP contribution in [0.4, 0.5) is 4.79 Å². The molecule has 0 aromatic carbocycles. The highest BCUT2D eigenvalue weighted by molar-refractivity contribution is 5.70. The maximum atomic E-state index is 12.0. The van der Waals surface area contributed by atoms with Crippen LogP contribution < -0.4 is 5.32 Å². The molecule has 53 heavy (non-hydrogen) atoms. The summed E-state index contributed by atoms with van der Waals surface area (Å²) >= 11 is 0. The van der Waals surface area contributed by atoms with Gasteiger partial charge in [0.15, 0.2) is 0 Å². The molecule has 0 aromatic heterocycles. The topological polar surface area (TPSA) is 156 Å². The molecule has 308 valence electrons. The lowest BCUT2D eigenvalue weighted by atomic mass is 10.2. The van der Waals surface area contributed by atoms with E-state index in [1.54, 1.807) is 11.0 Å². The Morgan fingerprint density at radius 3 is 1.34 bits per heavy atom. The number of carbonyl (C=O) groups is 3. The molecule has 0 radical (unpaired) electrons. The maximum absolute atomic E-state index is 12.0. The van der Waals surface area contributed by atoms with Crippen LogP contribution in [0.1, 0.15) is 33.6 Å². The number of esters is 2. The molecule has 16 heteroatoms. The highest BCUT2D eigenvalue weighted by Gasteiger charge is 2.25. The van der Waals surface area contributed by atoms with Crippen LogP contribution in [-0.4, -0.2) is 196 Å². The molecule has 0 aromatic rings. The minimum Gasteiger partial charge on any atom is -0.461 e. The summed E-state index contributed by atoms with van der Waals surface area (Å²) in [7, 11) is 0. The van der Waals surface area contributed by atoms with Crippen molar-refractivity contribution in [2.45, 2.75) is 39.2 Å². The molecule has 2 rings (SSSR count). The Bertz CT molecular complexity index is 955. The van der Waals surface area contributed by atoms with Gasteiger partial charge in [0.2, 0.25) is 0 Å². The zero-order valence-corrected chi connectivity index (χ0v) is 32.7. The molecule has 16 nitrogen and oxygen atoms in total. The van der Waals surface area contributed by atoms with Gasteiger partial charge in [-0.2, -0.15) is 0 Å². The highest BCUT2D eigenvalue weighted by Crippen LogP contribution is 2.11. The molecule has 0 atom stereocenters. The van der Waals surface area contributed by atoms with Crippen LogP contribution in [0.15, 0.2) is 25.3 Å². The van der Waals surface area contributed by atoms with Crippen molar-refractivity contribution in [3.05, 3.63) is 25.3 Å². The Balaban J connectivity index is 0.000000549. The quantitative estimate of drug-likeness (QED) is 0.0533. The van der Waals surface area contributed by atoms with E-state index in [2.05, 4.69) is 28.3 Å². The summed E-state index contributed by atoms with van der Waals surface area (Å²) in [5.74, 6) is -0.570. The van der Waals surface area contributed by atoms with E-state index >= 15 is 0 Å². The van der Waals surface area contributed by atoms with Gasteiger partial charge in [-0.15, -0.1) is 0 Å². The van der Waals surface area contributed by atoms with Gasteiger partial charge in [-0.05, 0) is 20.8 Å². The predicted octanol–water partition coefficient (Wildman–Crippen LogP) is 1.77. The van der Waals surface area contributed by atoms with Crippen molar-refractivity contribution in [1.29, 1.82) is 0 Å². The van der Waals surface area contributed by atoms with Gasteiger partial charge in [0, 0.05) is 65.4 Å². The number of carbonyl (C=O) groups excluding carboxylic acids is 3. The van der Waals surface area contributed by atoms with Crippen molar-refractivity contribution in [2.24, 2.45) is 0 Å². The lowest BCUT2D eigenvalue weighted by Gasteiger charge is -2.35. The largest absolute Gasteiger partial charge is 0.461 e. The summed E-state index contributed by atoms with van der Waals surface area (Å²) in [6.07, 6.45) is 3.30. The van der Waals surface area contributed by atoms with E-state index in [1.807, 2.05) is 20.8 Å². The highest BCUT2D eigenvalue weighted by atomic mass is 16.6. The van der Waals surface area contributed by atoms with Crippen LogP contribution in [-0.2, 0) is 52.2 Å². The molecule has 2 aliphatic heterocycles. The van der Waals surface area contributed by atoms with E-state index in [0.29, 0.717) is 85.8 Å². The summed E-state index contributed by atoms with van der Waals surface area (Å²) in [4.78, 5) is 40.8. The molecular weight excluding hydrogens is 692 g/mol. The van der Waals surface area contributed by atoms with Gasteiger partial charge in [0.25, 0.3) is 0 Å². The van der Waals surface area contributed by atoms with Gasteiger partial charge in [-0.25, -0.2) is 4.79 Å². The molecule has 2 aliphatic rings. The number of hydrogen-bond acceptors (Lipinski definition) is 15. The lowest BCUT2D eigenvalue weighted by Crippen LogP contribution is -2.50. The lowest BCUT2D eigenvalue weighted by molar-refractivity contribution is -0.144. The fraction of sp³-hybridized carbons (Fsp3) is 0.811. The van der Waals surface area contributed by atoms with E-state index in [4.69, 9.17) is 42.6 Å². The molecule has 2 heterocycles. The molecule has 0 bridgehead atoms. The van der Waals surface area contributed by atoms with Gasteiger partial charge in [0.1, 0.15) is 18.8 Å². The van der Waals surface area contributed by atoms with E-state index in [-0.39, 0.29) is 44.1 Å². The summed E-state index contributed by atoms with van der Waals surface area (Å²) < 4.78 is 47.6. The first kappa shape index (κ1) is 48.3. The molecule has 2 saturated heterocycles. The second-order valence-electron chi connectivity index (χ2n) is 13.0. The average Bonchev–Trinajstić information content (AvgIpc) is 3.14. The van der Waals surface area contributed by atoms with Crippen molar-refractivity contribution in [3.63, 3.8) is 0 Å². The number of nitrogens with zero attached hydrogens (tertiary/aromatic N) is 3. The van der Waals surface area contributed by atoms with Gasteiger partial charge in [-0.1, -0.05) is 25.3 Å². The van der Waals surface area contributed by atoms with Crippen molar-refractivity contribution in [3.8, 4) is 0 Å². The van der Waals surface area contributed by atoms with E-state index in [0.717, 1.165) is 59.0 Å². The predicted molar refractivity (Wildman–Crippen MR) is 200 cm³/mol. The van der Waals surface area contributed by atoms with Gasteiger partial charge in [0.05, 0.1) is 92.1 Å². The summed E-state index contributed by atoms with van der Waals surface area (Å²) in [5, 5.41) is 3.33. The van der Waals surface area contributed by atoms with Gasteiger partial charge >= 0.3 is 18.0 Å². The van der Waals surface area contributed by atoms with Gasteiger partial charge < -0.3 is 52.8 Å². The van der Waals surface area contributed by atoms with E-state index in [1.165, 1.54) is 6.08 Å². The molecule has 1 N–H and O–H groups in total. The molecule has 0 unspecified atom stereocenters. The Labute approximate surface area is 317 Å². The molecule has 2 fully saturated rings. The smallest absolute Gasteiger partial charge is 0.410 e. The van der Waals surface area contributed by atoms with Crippen LogP contribution in [0.2, 0.25) is 0 Å². The second-order valence-corrected chi connectivity index (χ2v) is 13.0. The molecule has 1 amide bonds. The number of rotatable bonds is 28. The first-order valence-electron chi connectivity index (χ1n) is 18.8. The number of piperazine rings is 2. The van der Waals surface area contributed by atoms with Crippen molar-refractivity contribution >= 4 is 18.0 Å². The summed E-state index contributed by atoms with van der Waals surface area (Å²) in [6, 6.07) is 0. The molecule has 0 aliphatic carbocycles. The number of hydrogen-bond donors (Lipinski definition) is 1. The normalized spacial score (nSPS) is 15.3.